The molecule has 2 heterocycles. The monoisotopic (exact) mass is 293 g/mol. The maximum Gasteiger partial charge on any atom is 0.244 e. The number of piperidine rings is 1. The Labute approximate surface area is 128 Å². The molecule has 3 N–H and O–H groups in total. The van der Waals surface area contributed by atoms with Crippen molar-refractivity contribution in [1.29, 1.82) is 0 Å². The van der Waals surface area contributed by atoms with Crippen LogP contribution in [0.15, 0.2) is 0 Å². The van der Waals surface area contributed by atoms with Crippen LogP contribution in [0.2, 0.25) is 0 Å². The lowest BCUT2D eigenvalue weighted by Crippen LogP contribution is -2.36. The Balaban J connectivity index is 1.87. The van der Waals surface area contributed by atoms with Crippen LogP contribution >= 0.6 is 0 Å². The molecule has 0 saturated carbocycles. The zero-order chi connectivity index (χ0) is 15.5. The van der Waals surface area contributed by atoms with Crippen LogP contribution in [0.4, 0.5) is 5.95 Å². The molecule has 0 aromatic carbocycles. The minimum Gasteiger partial charge on any atom is -0.340 e. The van der Waals surface area contributed by atoms with E-state index in [1.165, 1.54) is 6.42 Å². The van der Waals surface area contributed by atoms with Crippen molar-refractivity contribution in [1.82, 2.24) is 15.2 Å². The molecule has 0 bridgehead atoms. The summed E-state index contributed by atoms with van der Waals surface area (Å²) in [7, 11) is 0. The van der Waals surface area contributed by atoms with Crippen molar-refractivity contribution < 1.29 is 0 Å². The lowest BCUT2D eigenvalue weighted by atomic mass is 9.84. The van der Waals surface area contributed by atoms with Gasteiger partial charge in [0.1, 0.15) is 5.82 Å². The highest BCUT2D eigenvalue weighted by Gasteiger charge is 2.22. The number of aromatic amines is 1. The lowest BCUT2D eigenvalue weighted by Gasteiger charge is -2.30. The van der Waals surface area contributed by atoms with Crippen LogP contribution in [0.1, 0.15) is 52.8 Å². The smallest absolute Gasteiger partial charge is 0.244 e. The number of rotatable bonds is 5. The van der Waals surface area contributed by atoms with Crippen LogP contribution in [0.5, 0.6) is 0 Å². The van der Waals surface area contributed by atoms with E-state index in [9.17, 15) is 0 Å². The maximum atomic E-state index is 5.74. The van der Waals surface area contributed by atoms with Crippen LogP contribution < -0.4 is 10.6 Å². The van der Waals surface area contributed by atoms with Gasteiger partial charge in [-0.1, -0.05) is 27.7 Å². The van der Waals surface area contributed by atoms with Gasteiger partial charge in [0.2, 0.25) is 5.95 Å². The van der Waals surface area contributed by atoms with Crippen molar-refractivity contribution in [3.63, 3.8) is 0 Å². The van der Waals surface area contributed by atoms with Crippen molar-refractivity contribution in [2.75, 3.05) is 24.5 Å². The summed E-state index contributed by atoms with van der Waals surface area (Å²) in [6, 6.07) is 0. The molecule has 1 unspecified atom stereocenters. The molecule has 0 aliphatic carbocycles. The van der Waals surface area contributed by atoms with Gasteiger partial charge in [-0.3, -0.25) is 5.10 Å². The third-order valence-electron chi connectivity index (χ3n) is 4.25. The van der Waals surface area contributed by atoms with Gasteiger partial charge in [-0.15, -0.1) is 5.10 Å². The lowest BCUT2D eigenvalue weighted by molar-refractivity contribution is 0.304. The summed E-state index contributed by atoms with van der Waals surface area (Å²) < 4.78 is 0. The van der Waals surface area contributed by atoms with Crippen LogP contribution in [-0.2, 0) is 6.42 Å². The highest BCUT2D eigenvalue weighted by Crippen LogP contribution is 2.26. The van der Waals surface area contributed by atoms with Crippen LogP contribution in [-0.4, -0.2) is 34.8 Å². The van der Waals surface area contributed by atoms with E-state index in [1.54, 1.807) is 0 Å². The van der Waals surface area contributed by atoms with Gasteiger partial charge in [0.05, 0.1) is 0 Å². The first-order valence-electron chi connectivity index (χ1n) is 8.23. The van der Waals surface area contributed by atoms with Gasteiger partial charge in [-0.2, -0.15) is 4.98 Å². The fourth-order valence-electron chi connectivity index (χ4n) is 3.33. The number of nitrogens with one attached hydrogen (secondary N) is 1. The van der Waals surface area contributed by atoms with Crippen molar-refractivity contribution in [3.05, 3.63) is 5.82 Å². The standard InChI is InChI=1S/C16H31N5/c1-12(10-16(2,3)4)9-14-18-15(20-19-14)21-7-5-13(11-17)6-8-21/h12-13H,5-11,17H2,1-4H3,(H,18,19,20). The van der Waals surface area contributed by atoms with Gasteiger partial charge >= 0.3 is 0 Å². The van der Waals surface area contributed by atoms with Crippen LogP contribution in [0.25, 0.3) is 0 Å². The number of H-pyrrole nitrogens is 1. The second-order valence-electron chi connectivity index (χ2n) is 7.82. The Morgan fingerprint density at radius 2 is 2.00 bits per heavy atom. The summed E-state index contributed by atoms with van der Waals surface area (Å²) >= 11 is 0. The highest BCUT2D eigenvalue weighted by molar-refractivity contribution is 5.29. The number of nitrogens with zero attached hydrogens (tertiary/aromatic N) is 3. The number of hydrogen-bond acceptors (Lipinski definition) is 4. The Bertz CT molecular complexity index is 426. The van der Waals surface area contributed by atoms with Gasteiger partial charge in [-0.25, -0.2) is 0 Å². The highest BCUT2D eigenvalue weighted by atomic mass is 15.4. The molecule has 1 fully saturated rings. The van der Waals surface area contributed by atoms with E-state index in [2.05, 4.69) is 47.8 Å². The summed E-state index contributed by atoms with van der Waals surface area (Å²) in [5, 5.41) is 7.52. The molecule has 2 rings (SSSR count). The van der Waals surface area contributed by atoms with Gasteiger partial charge in [0.25, 0.3) is 0 Å². The van der Waals surface area contributed by atoms with Crippen molar-refractivity contribution in [2.24, 2.45) is 23.0 Å². The summed E-state index contributed by atoms with van der Waals surface area (Å²) in [6.07, 6.45) is 4.48. The Kier molecular flexibility index (Phi) is 5.25. The molecule has 1 aliphatic heterocycles. The molecule has 0 spiro atoms. The number of anilines is 1. The topological polar surface area (TPSA) is 70.8 Å². The number of aromatic nitrogens is 3. The Morgan fingerprint density at radius 1 is 1.33 bits per heavy atom. The number of nitrogens with two attached hydrogens (primary N) is 1. The minimum absolute atomic E-state index is 0.367. The molecule has 1 atom stereocenters. The Morgan fingerprint density at radius 3 is 2.57 bits per heavy atom. The Hall–Kier alpha value is -1.10. The first-order chi connectivity index (χ1) is 9.87. The molecule has 1 saturated heterocycles. The second kappa shape index (κ2) is 6.77. The zero-order valence-electron chi connectivity index (χ0n) is 14.0. The fraction of sp³-hybridized carbons (Fsp3) is 0.875. The average Bonchev–Trinajstić information content (AvgIpc) is 2.85. The summed E-state index contributed by atoms with van der Waals surface area (Å²) in [6.45, 7) is 12.0. The van der Waals surface area contributed by atoms with Crippen molar-refractivity contribution in [2.45, 2.75) is 53.4 Å². The van der Waals surface area contributed by atoms with Crippen LogP contribution in [0, 0.1) is 17.3 Å². The first kappa shape index (κ1) is 16.3. The normalized spacial score (nSPS) is 19.0. The van der Waals surface area contributed by atoms with E-state index in [1.807, 2.05) is 0 Å². The van der Waals surface area contributed by atoms with E-state index < -0.39 is 0 Å². The number of hydrogen-bond donors (Lipinski definition) is 2. The third kappa shape index (κ3) is 4.99. The summed E-state index contributed by atoms with van der Waals surface area (Å²) in [4.78, 5) is 6.96. The van der Waals surface area contributed by atoms with E-state index in [4.69, 9.17) is 5.73 Å². The molecule has 0 radical (unpaired) electrons. The molecule has 5 heteroatoms. The molecule has 120 valence electrons. The molecular formula is C16H31N5. The van der Waals surface area contributed by atoms with Crippen LogP contribution in [0.3, 0.4) is 0 Å². The molecule has 5 nitrogen and oxygen atoms in total. The zero-order valence-corrected chi connectivity index (χ0v) is 14.0. The fourth-order valence-corrected chi connectivity index (χ4v) is 3.33. The van der Waals surface area contributed by atoms with E-state index in [0.29, 0.717) is 17.3 Å². The second-order valence-corrected chi connectivity index (χ2v) is 7.82. The van der Waals surface area contributed by atoms with Gasteiger partial charge < -0.3 is 10.6 Å². The van der Waals surface area contributed by atoms with Crippen molar-refractivity contribution >= 4 is 5.95 Å². The van der Waals surface area contributed by atoms with Gasteiger partial charge in [-0.05, 0) is 43.1 Å². The predicted molar refractivity (Wildman–Crippen MR) is 87.3 cm³/mol. The molecule has 21 heavy (non-hydrogen) atoms. The van der Waals surface area contributed by atoms with Crippen molar-refractivity contribution in [3.8, 4) is 0 Å². The van der Waals surface area contributed by atoms with E-state index >= 15 is 0 Å². The molecule has 0 amide bonds. The van der Waals surface area contributed by atoms with E-state index in [0.717, 1.165) is 50.7 Å². The summed E-state index contributed by atoms with van der Waals surface area (Å²) in [5.41, 5.74) is 6.11. The maximum absolute atomic E-state index is 5.74. The molecule has 1 aliphatic rings. The third-order valence-corrected chi connectivity index (χ3v) is 4.25. The molecule has 1 aromatic heterocycles. The minimum atomic E-state index is 0.367. The van der Waals surface area contributed by atoms with E-state index in [-0.39, 0.29) is 0 Å². The summed E-state index contributed by atoms with van der Waals surface area (Å²) in [5.74, 6) is 3.17. The first-order valence-corrected chi connectivity index (χ1v) is 8.23. The molecular weight excluding hydrogens is 262 g/mol. The SMILES string of the molecule is CC(Cc1nc(N2CCC(CN)CC2)n[nH]1)CC(C)(C)C. The largest absolute Gasteiger partial charge is 0.340 e. The average molecular weight is 293 g/mol. The predicted octanol–water partition coefficient (Wildman–Crippen LogP) is 2.59. The quantitative estimate of drug-likeness (QED) is 0.875. The van der Waals surface area contributed by atoms with Gasteiger partial charge in [0.15, 0.2) is 0 Å². The van der Waals surface area contributed by atoms with Gasteiger partial charge in [0, 0.05) is 19.5 Å². The molecule has 1 aromatic rings.